The van der Waals surface area contributed by atoms with Crippen molar-refractivity contribution in [1.29, 1.82) is 0 Å². The molecule has 0 unspecified atom stereocenters. The molecular weight excluding hydrogens is 360 g/mol. The molecule has 1 atom stereocenters. The van der Waals surface area contributed by atoms with Gasteiger partial charge in [-0.3, -0.25) is 9.59 Å². The third-order valence-electron chi connectivity index (χ3n) is 3.80. The van der Waals surface area contributed by atoms with Gasteiger partial charge in [0.1, 0.15) is 17.1 Å². The highest BCUT2D eigenvalue weighted by Gasteiger charge is 2.38. The number of hydrogen-bond donors (Lipinski definition) is 2. The summed E-state index contributed by atoms with van der Waals surface area (Å²) in [6.45, 7) is 5.49. The molecule has 2 N–H and O–H groups in total. The zero-order chi connectivity index (χ0) is 20.4. The highest BCUT2D eigenvalue weighted by Crippen LogP contribution is 2.32. The second-order valence-corrected chi connectivity index (χ2v) is 7.16. The van der Waals surface area contributed by atoms with E-state index in [1.54, 1.807) is 20.8 Å². The Kier molecular flexibility index (Phi) is 6.10. The first-order chi connectivity index (χ1) is 12.5. The first-order valence-electron chi connectivity index (χ1n) is 8.28. The van der Waals surface area contributed by atoms with Crippen molar-refractivity contribution in [2.24, 2.45) is 5.41 Å². The van der Waals surface area contributed by atoms with Crippen molar-refractivity contribution in [3.63, 3.8) is 0 Å². The van der Waals surface area contributed by atoms with Gasteiger partial charge in [-0.05, 0) is 38.8 Å². The molecule has 146 valence electrons. The van der Waals surface area contributed by atoms with Gasteiger partial charge in [0.05, 0.1) is 11.4 Å². The third-order valence-corrected chi connectivity index (χ3v) is 3.80. The summed E-state index contributed by atoms with van der Waals surface area (Å²) < 4.78 is 29.1. The molecule has 0 radical (unpaired) electrons. The number of rotatable bonds is 4. The standard InChI is InChI=1S/C17H21BFNO7/c1-9(21)20-12-7-10-5-6-11(19)13(14(10)27-18(12)24)15(22)25-8-26-16(23)17(2,3)4/h5-6,12,24H,7-8H2,1-4H3,(H,20,21)/t12-/m0/s1. The number of ether oxygens (including phenoxy) is 2. The van der Waals surface area contributed by atoms with Gasteiger partial charge in [-0.15, -0.1) is 0 Å². The minimum Gasteiger partial charge on any atom is -0.534 e. The zero-order valence-electron chi connectivity index (χ0n) is 15.5. The first-order valence-corrected chi connectivity index (χ1v) is 8.28. The van der Waals surface area contributed by atoms with E-state index in [0.29, 0.717) is 5.56 Å². The Hall–Kier alpha value is -2.62. The number of carbonyl (C=O) groups excluding carboxylic acids is 3. The Labute approximate surface area is 156 Å². The van der Waals surface area contributed by atoms with E-state index >= 15 is 0 Å². The fourth-order valence-electron chi connectivity index (χ4n) is 2.44. The number of carbonyl (C=O) groups is 3. The van der Waals surface area contributed by atoms with E-state index in [0.717, 1.165) is 6.07 Å². The number of fused-ring (bicyclic) bond motifs is 1. The van der Waals surface area contributed by atoms with Crippen LogP contribution in [0.1, 0.15) is 43.6 Å². The summed E-state index contributed by atoms with van der Waals surface area (Å²) in [4.78, 5) is 35.1. The summed E-state index contributed by atoms with van der Waals surface area (Å²) in [6.07, 6.45) is 0.135. The van der Waals surface area contributed by atoms with Crippen LogP contribution in [0.2, 0.25) is 0 Å². The molecule has 1 aromatic rings. The SMILES string of the molecule is CC(=O)N[C@H]1Cc2ccc(F)c(C(=O)OCOC(=O)C(C)(C)C)c2OB1O. The molecule has 1 aliphatic rings. The van der Waals surface area contributed by atoms with Crippen LogP contribution in [0.5, 0.6) is 5.75 Å². The number of benzene rings is 1. The van der Waals surface area contributed by atoms with Crippen molar-refractivity contribution in [3.05, 3.63) is 29.1 Å². The monoisotopic (exact) mass is 381 g/mol. The van der Waals surface area contributed by atoms with E-state index in [9.17, 15) is 23.8 Å². The molecule has 8 nitrogen and oxygen atoms in total. The van der Waals surface area contributed by atoms with Gasteiger partial charge in [0.25, 0.3) is 0 Å². The lowest BCUT2D eigenvalue weighted by Gasteiger charge is -2.29. The Morgan fingerprint density at radius 1 is 1.33 bits per heavy atom. The van der Waals surface area contributed by atoms with Crippen LogP contribution in [-0.2, 0) is 25.5 Å². The second-order valence-electron chi connectivity index (χ2n) is 7.16. The van der Waals surface area contributed by atoms with Crippen LogP contribution in [-0.4, -0.2) is 42.7 Å². The second kappa shape index (κ2) is 7.95. The van der Waals surface area contributed by atoms with Crippen molar-refractivity contribution in [2.45, 2.75) is 40.1 Å². The van der Waals surface area contributed by atoms with Gasteiger partial charge in [-0.25, -0.2) is 9.18 Å². The van der Waals surface area contributed by atoms with E-state index in [1.165, 1.54) is 13.0 Å². The van der Waals surface area contributed by atoms with Crippen molar-refractivity contribution in [2.75, 3.05) is 6.79 Å². The fourth-order valence-corrected chi connectivity index (χ4v) is 2.44. The topological polar surface area (TPSA) is 111 Å². The third kappa shape index (κ3) is 4.97. The Morgan fingerprint density at radius 2 is 2.00 bits per heavy atom. The summed E-state index contributed by atoms with van der Waals surface area (Å²) in [5.74, 6) is -3.88. The Bertz CT molecular complexity index is 762. The van der Waals surface area contributed by atoms with Crippen molar-refractivity contribution in [1.82, 2.24) is 5.32 Å². The number of halogens is 1. The molecule has 27 heavy (non-hydrogen) atoms. The van der Waals surface area contributed by atoms with Crippen LogP contribution >= 0.6 is 0 Å². The van der Waals surface area contributed by atoms with E-state index in [1.807, 2.05) is 0 Å². The predicted octanol–water partition coefficient (Wildman–Crippen LogP) is 0.989. The number of amides is 1. The van der Waals surface area contributed by atoms with Gasteiger partial charge in [0.2, 0.25) is 12.7 Å². The average Bonchev–Trinajstić information content (AvgIpc) is 2.54. The quantitative estimate of drug-likeness (QED) is 0.455. The summed E-state index contributed by atoms with van der Waals surface area (Å²) in [6, 6.07) is 2.45. The van der Waals surface area contributed by atoms with Crippen molar-refractivity contribution >= 4 is 25.0 Å². The molecule has 0 aliphatic carbocycles. The van der Waals surface area contributed by atoms with Crippen LogP contribution < -0.4 is 9.97 Å². The molecule has 0 bridgehead atoms. The minimum atomic E-state index is -1.46. The summed E-state index contributed by atoms with van der Waals surface area (Å²) in [7, 11) is -1.46. The van der Waals surface area contributed by atoms with E-state index in [-0.39, 0.29) is 18.1 Å². The van der Waals surface area contributed by atoms with Gasteiger partial charge in [-0.1, -0.05) is 6.07 Å². The zero-order valence-corrected chi connectivity index (χ0v) is 15.5. The van der Waals surface area contributed by atoms with Crippen LogP contribution in [0, 0.1) is 11.2 Å². The molecule has 1 heterocycles. The Balaban J connectivity index is 2.15. The van der Waals surface area contributed by atoms with E-state index < -0.39 is 48.6 Å². The van der Waals surface area contributed by atoms with Crippen LogP contribution in [0.25, 0.3) is 0 Å². The lowest BCUT2D eigenvalue weighted by atomic mass is 9.72. The molecule has 0 aromatic heterocycles. The molecular formula is C17H21BFNO7. The van der Waals surface area contributed by atoms with Gasteiger partial charge < -0.3 is 24.5 Å². The molecule has 1 aromatic carbocycles. The average molecular weight is 381 g/mol. The maximum Gasteiger partial charge on any atom is 0.547 e. The van der Waals surface area contributed by atoms with Crippen molar-refractivity contribution in [3.8, 4) is 5.75 Å². The molecule has 10 heteroatoms. The first kappa shape index (κ1) is 20.7. The summed E-state index contributed by atoms with van der Waals surface area (Å²) in [5, 5.41) is 12.5. The van der Waals surface area contributed by atoms with Gasteiger partial charge in [0, 0.05) is 6.92 Å². The minimum absolute atomic E-state index is 0.135. The number of esters is 2. The van der Waals surface area contributed by atoms with Crippen LogP contribution in [0.3, 0.4) is 0 Å². The van der Waals surface area contributed by atoms with Gasteiger partial charge in [-0.2, -0.15) is 0 Å². The largest absolute Gasteiger partial charge is 0.547 e. The molecule has 1 aliphatic heterocycles. The van der Waals surface area contributed by atoms with Gasteiger partial charge in [0.15, 0.2) is 0 Å². The van der Waals surface area contributed by atoms with Crippen LogP contribution in [0.4, 0.5) is 4.39 Å². The summed E-state index contributed by atoms with van der Waals surface area (Å²) >= 11 is 0. The molecule has 0 saturated heterocycles. The van der Waals surface area contributed by atoms with Gasteiger partial charge >= 0.3 is 19.1 Å². The summed E-state index contributed by atoms with van der Waals surface area (Å²) in [5.41, 5.74) is -0.881. The maximum absolute atomic E-state index is 14.2. The van der Waals surface area contributed by atoms with E-state index in [2.05, 4.69) is 5.32 Å². The number of hydrogen-bond acceptors (Lipinski definition) is 7. The highest BCUT2D eigenvalue weighted by molar-refractivity contribution is 6.47. The molecule has 0 fully saturated rings. The highest BCUT2D eigenvalue weighted by atomic mass is 19.1. The number of nitrogens with one attached hydrogen (secondary N) is 1. The lowest BCUT2D eigenvalue weighted by molar-refractivity contribution is -0.161. The van der Waals surface area contributed by atoms with Crippen molar-refractivity contribution < 1.29 is 37.9 Å². The molecule has 0 saturated carbocycles. The molecule has 0 spiro atoms. The molecule has 1 amide bonds. The predicted molar refractivity (Wildman–Crippen MR) is 92.1 cm³/mol. The van der Waals surface area contributed by atoms with Crippen LogP contribution in [0.15, 0.2) is 12.1 Å². The van der Waals surface area contributed by atoms with E-state index in [4.69, 9.17) is 14.1 Å². The fraction of sp³-hybridized carbons (Fsp3) is 0.471. The maximum atomic E-state index is 14.2. The normalized spacial score (nSPS) is 16.1. The lowest BCUT2D eigenvalue weighted by Crippen LogP contribution is -2.52. The molecule has 2 rings (SSSR count). The smallest absolute Gasteiger partial charge is 0.534 e. The Morgan fingerprint density at radius 3 is 2.59 bits per heavy atom.